The van der Waals surface area contributed by atoms with Crippen LogP contribution in [0.4, 0.5) is 8.78 Å². The second-order valence-electron chi connectivity index (χ2n) is 5.54. The third kappa shape index (κ3) is 2.97. The molecule has 1 aromatic heterocycles. The zero-order valence-electron chi connectivity index (χ0n) is 11.7. The van der Waals surface area contributed by atoms with E-state index in [1.165, 1.54) is 12.3 Å². The Balaban J connectivity index is 2.32. The van der Waals surface area contributed by atoms with Gasteiger partial charge in [0.15, 0.2) is 6.10 Å². The molecular formula is C13H18F2N2O4. The summed E-state index contributed by atoms with van der Waals surface area (Å²) in [5.74, 6) is -3.41. The summed E-state index contributed by atoms with van der Waals surface area (Å²) in [4.78, 5) is 15.6. The van der Waals surface area contributed by atoms with Gasteiger partial charge in [-0.05, 0) is 18.4 Å². The lowest BCUT2D eigenvalue weighted by atomic mass is 10.1. The molecule has 0 saturated carbocycles. The fourth-order valence-corrected chi connectivity index (χ4v) is 2.28. The number of ether oxygens (including phenoxy) is 1. The minimum atomic E-state index is -3.68. The molecule has 0 spiro atoms. The molecule has 0 aromatic carbocycles. The highest BCUT2D eigenvalue weighted by Gasteiger charge is 2.59. The lowest BCUT2D eigenvalue weighted by Crippen LogP contribution is -2.41. The maximum absolute atomic E-state index is 13.9. The normalized spacial score (nSPS) is 28.2. The van der Waals surface area contributed by atoms with Gasteiger partial charge in [-0.25, -0.2) is 4.79 Å². The van der Waals surface area contributed by atoms with E-state index in [0.717, 1.165) is 0 Å². The minimum absolute atomic E-state index is 0.275. The number of hydrogen-bond acceptors (Lipinski definition) is 5. The van der Waals surface area contributed by atoms with Gasteiger partial charge in [0.25, 0.3) is 0 Å². The Hall–Kier alpha value is -1.38. The number of rotatable bonds is 4. The number of hydrogen-bond donors (Lipinski definition) is 2. The van der Waals surface area contributed by atoms with E-state index < -0.39 is 36.7 Å². The number of alkyl halides is 2. The second kappa shape index (κ2) is 5.78. The summed E-state index contributed by atoms with van der Waals surface area (Å²) in [5.41, 5.74) is -0.365. The van der Waals surface area contributed by atoms with Crippen LogP contribution in [0.25, 0.3) is 0 Å². The maximum atomic E-state index is 13.9. The summed E-state index contributed by atoms with van der Waals surface area (Å²) < 4.78 is 33.4. The molecule has 1 fully saturated rings. The van der Waals surface area contributed by atoms with Crippen LogP contribution in [0.2, 0.25) is 0 Å². The predicted molar refractivity (Wildman–Crippen MR) is 69.0 cm³/mol. The van der Waals surface area contributed by atoms with Gasteiger partial charge < -0.3 is 14.9 Å². The first-order valence-electron chi connectivity index (χ1n) is 6.67. The van der Waals surface area contributed by atoms with Crippen molar-refractivity contribution in [3.63, 3.8) is 0 Å². The number of aliphatic hydroxyl groups is 2. The zero-order valence-corrected chi connectivity index (χ0v) is 11.7. The molecule has 2 rings (SSSR count). The number of aliphatic hydroxyl groups excluding tert-OH is 2. The second-order valence-corrected chi connectivity index (χ2v) is 5.54. The first kappa shape index (κ1) is 16.0. The van der Waals surface area contributed by atoms with Gasteiger partial charge in [-0.2, -0.15) is 13.8 Å². The van der Waals surface area contributed by atoms with Crippen molar-refractivity contribution in [2.75, 3.05) is 6.61 Å². The van der Waals surface area contributed by atoms with Crippen LogP contribution in [0, 0.1) is 5.92 Å². The maximum Gasteiger partial charge on any atom is 0.350 e. The van der Waals surface area contributed by atoms with Crippen LogP contribution in [0.1, 0.15) is 25.8 Å². The molecule has 0 unspecified atom stereocenters. The summed E-state index contributed by atoms with van der Waals surface area (Å²) >= 11 is 0. The summed E-state index contributed by atoms with van der Waals surface area (Å²) in [6, 6.07) is 1.47. The topological polar surface area (TPSA) is 84.6 Å². The third-order valence-corrected chi connectivity index (χ3v) is 3.32. The van der Waals surface area contributed by atoms with Gasteiger partial charge in [0.2, 0.25) is 6.23 Å². The SMILES string of the molecule is CC(C)Cc1ccn([C@@H]2O[C@H](CO)[C@@H](O)C2(F)F)c(=O)n1. The van der Waals surface area contributed by atoms with Crippen molar-refractivity contribution in [3.8, 4) is 0 Å². The van der Waals surface area contributed by atoms with Gasteiger partial charge in [0, 0.05) is 11.9 Å². The van der Waals surface area contributed by atoms with Crippen molar-refractivity contribution >= 4 is 0 Å². The Kier molecular flexibility index (Phi) is 4.40. The van der Waals surface area contributed by atoms with Gasteiger partial charge >= 0.3 is 11.6 Å². The lowest BCUT2D eigenvalue weighted by Gasteiger charge is -2.21. The standard InChI is InChI=1S/C13H18F2N2O4/c1-7(2)5-8-3-4-17(12(20)16-8)11-13(14,15)10(19)9(6-18)21-11/h3-4,7,9-11,18-19H,5-6H2,1-2H3/t9-,10-,11-/m1/s1. The molecule has 0 radical (unpaired) electrons. The highest BCUT2D eigenvalue weighted by molar-refractivity contribution is 5.03. The van der Waals surface area contributed by atoms with Crippen LogP contribution >= 0.6 is 0 Å². The average molecular weight is 304 g/mol. The molecule has 1 aliphatic rings. The molecule has 21 heavy (non-hydrogen) atoms. The van der Waals surface area contributed by atoms with Crippen LogP contribution < -0.4 is 5.69 Å². The van der Waals surface area contributed by atoms with E-state index in [-0.39, 0.29) is 5.92 Å². The van der Waals surface area contributed by atoms with E-state index in [1.54, 1.807) is 0 Å². The Morgan fingerprint density at radius 2 is 2.19 bits per heavy atom. The minimum Gasteiger partial charge on any atom is -0.394 e. The van der Waals surface area contributed by atoms with Crippen molar-refractivity contribution in [1.29, 1.82) is 0 Å². The van der Waals surface area contributed by atoms with Crippen molar-refractivity contribution in [2.45, 2.75) is 44.6 Å². The fourth-order valence-electron chi connectivity index (χ4n) is 2.28. The quantitative estimate of drug-likeness (QED) is 0.837. The molecule has 1 saturated heterocycles. The molecule has 0 bridgehead atoms. The number of nitrogens with zero attached hydrogens (tertiary/aromatic N) is 2. The Bertz CT molecular complexity index is 561. The molecule has 118 valence electrons. The van der Waals surface area contributed by atoms with Gasteiger partial charge in [-0.1, -0.05) is 13.8 Å². The van der Waals surface area contributed by atoms with Crippen molar-refractivity contribution in [2.24, 2.45) is 5.92 Å². The van der Waals surface area contributed by atoms with E-state index in [1.807, 2.05) is 13.8 Å². The highest BCUT2D eigenvalue weighted by atomic mass is 19.3. The lowest BCUT2D eigenvalue weighted by molar-refractivity contribution is -0.141. The molecule has 1 aliphatic heterocycles. The van der Waals surface area contributed by atoms with Crippen molar-refractivity contribution in [1.82, 2.24) is 9.55 Å². The van der Waals surface area contributed by atoms with Crippen LogP contribution in [0.15, 0.2) is 17.1 Å². The third-order valence-electron chi connectivity index (χ3n) is 3.32. The van der Waals surface area contributed by atoms with Gasteiger partial charge in [0.05, 0.1) is 6.61 Å². The largest absolute Gasteiger partial charge is 0.394 e. The summed E-state index contributed by atoms with van der Waals surface area (Å²) in [6.07, 6.45) is -3.85. The zero-order chi connectivity index (χ0) is 15.8. The monoisotopic (exact) mass is 304 g/mol. The average Bonchev–Trinajstić information content (AvgIpc) is 2.61. The molecule has 3 atom stereocenters. The molecule has 6 nitrogen and oxygen atoms in total. The van der Waals surface area contributed by atoms with E-state index >= 15 is 0 Å². The predicted octanol–water partition coefficient (Wildman–Crippen LogP) is 0.328. The van der Waals surface area contributed by atoms with E-state index in [9.17, 15) is 18.7 Å². The molecule has 8 heteroatoms. The smallest absolute Gasteiger partial charge is 0.350 e. The van der Waals surface area contributed by atoms with E-state index in [2.05, 4.69) is 4.98 Å². The molecule has 1 aromatic rings. The van der Waals surface area contributed by atoms with Crippen LogP contribution in [0.3, 0.4) is 0 Å². The van der Waals surface area contributed by atoms with Crippen LogP contribution in [-0.4, -0.2) is 44.5 Å². The molecule has 0 amide bonds. The molecular weight excluding hydrogens is 286 g/mol. The van der Waals surface area contributed by atoms with Gasteiger partial charge in [-0.15, -0.1) is 0 Å². The molecule has 0 aliphatic carbocycles. The van der Waals surface area contributed by atoms with E-state index in [0.29, 0.717) is 16.7 Å². The Labute approximate surface area is 120 Å². The molecule has 2 N–H and O–H groups in total. The van der Waals surface area contributed by atoms with Gasteiger partial charge in [-0.3, -0.25) is 4.57 Å². The van der Waals surface area contributed by atoms with Crippen LogP contribution in [0.5, 0.6) is 0 Å². The number of aromatic nitrogens is 2. The highest BCUT2D eigenvalue weighted by Crippen LogP contribution is 2.41. The van der Waals surface area contributed by atoms with Crippen molar-refractivity contribution in [3.05, 3.63) is 28.4 Å². The van der Waals surface area contributed by atoms with E-state index in [4.69, 9.17) is 9.84 Å². The first-order valence-corrected chi connectivity index (χ1v) is 6.67. The van der Waals surface area contributed by atoms with Crippen LogP contribution in [-0.2, 0) is 11.2 Å². The fraction of sp³-hybridized carbons (Fsp3) is 0.692. The van der Waals surface area contributed by atoms with Gasteiger partial charge in [0.1, 0.15) is 6.10 Å². The summed E-state index contributed by atoms with van der Waals surface area (Å²) in [5, 5.41) is 18.4. The Morgan fingerprint density at radius 1 is 1.52 bits per heavy atom. The van der Waals surface area contributed by atoms with Crippen molar-refractivity contribution < 1.29 is 23.7 Å². The summed E-state index contributed by atoms with van der Waals surface area (Å²) in [6.45, 7) is 3.13. The molecule has 2 heterocycles. The summed E-state index contributed by atoms with van der Waals surface area (Å²) in [7, 11) is 0. The first-order chi connectivity index (χ1) is 9.77. The Morgan fingerprint density at radius 3 is 2.67 bits per heavy atom. The number of halogens is 2.